The maximum absolute atomic E-state index is 11.8. The number of hydrogen-bond acceptors (Lipinski definition) is 3. The van der Waals surface area contributed by atoms with E-state index in [1.807, 2.05) is 19.0 Å². The van der Waals surface area contributed by atoms with Crippen LogP contribution in [0.15, 0.2) is 0 Å². The summed E-state index contributed by atoms with van der Waals surface area (Å²) in [5.41, 5.74) is 0. The number of rotatable bonds is 18. The van der Waals surface area contributed by atoms with Crippen molar-refractivity contribution in [3.05, 3.63) is 0 Å². The molecule has 0 aliphatic carbocycles. The van der Waals surface area contributed by atoms with Crippen LogP contribution in [0.2, 0.25) is 0 Å². The number of aliphatic hydroxyl groups is 1. The van der Waals surface area contributed by atoms with E-state index in [0.29, 0.717) is 19.4 Å². The van der Waals surface area contributed by atoms with Crippen LogP contribution in [0.5, 0.6) is 0 Å². The second kappa shape index (κ2) is 17.4. The first-order chi connectivity index (χ1) is 11.6. The molecule has 24 heavy (non-hydrogen) atoms. The zero-order valence-electron chi connectivity index (χ0n) is 16.7. The molecule has 1 N–H and O–H groups in total. The van der Waals surface area contributed by atoms with Crippen LogP contribution >= 0.6 is 0 Å². The third-order valence-corrected chi connectivity index (χ3v) is 4.60. The molecule has 0 aliphatic rings. The molecule has 0 bridgehead atoms. The second-order valence-corrected chi connectivity index (χ2v) is 7.65. The van der Waals surface area contributed by atoms with Crippen LogP contribution < -0.4 is 0 Å². The number of carbonyl (C=O) groups is 1. The standard InChI is InChI=1S/C21H43NO2/c1-4-5-6-7-8-9-10-11-12-13-14-15-16-17-20(23)18-21(24)19-22(2)3/h21,24H,4-19H2,1-3H3. The van der Waals surface area contributed by atoms with E-state index >= 15 is 0 Å². The Labute approximate surface area is 151 Å². The molecule has 144 valence electrons. The van der Waals surface area contributed by atoms with Gasteiger partial charge in [-0.3, -0.25) is 4.79 Å². The minimum Gasteiger partial charge on any atom is -0.391 e. The highest BCUT2D eigenvalue weighted by Gasteiger charge is 2.11. The molecule has 0 heterocycles. The summed E-state index contributed by atoms with van der Waals surface area (Å²) < 4.78 is 0. The average molecular weight is 342 g/mol. The van der Waals surface area contributed by atoms with Gasteiger partial charge in [-0.25, -0.2) is 0 Å². The number of aliphatic hydroxyl groups excluding tert-OH is 1. The summed E-state index contributed by atoms with van der Waals surface area (Å²) >= 11 is 0. The van der Waals surface area contributed by atoms with Crippen LogP contribution in [-0.2, 0) is 4.79 Å². The summed E-state index contributed by atoms with van der Waals surface area (Å²) in [6.07, 6.45) is 17.7. The van der Waals surface area contributed by atoms with E-state index < -0.39 is 6.10 Å². The highest BCUT2D eigenvalue weighted by Crippen LogP contribution is 2.13. The number of hydrogen-bond donors (Lipinski definition) is 1. The van der Waals surface area contributed by atoms with Crippen LogP contribution in [0.3, 0.4) is 0 Å². The molecule has 0 aliphatic heterocycles. The molecule has 1 atom stereocenters. The Morgan fingerprint density at radius 1 is 0.792 bits per heavy atom. The Kier molecular flexibility index (Phi) is 17.1. The van der Waals surface area contributed by atoms with Gasteiger partial charge in [-0.2, -0.15) is 0 Å². The van der Waals surface area contributed by atoms with E-state index in [4.69, 9.17) is 0 Å². The fourth-order valence-electron chi connectivity index (χ4n) is 3.19. The molecule has 0 fully saturated rings. The molecule has 0 aromatic heterocycles. The molecule has 3 heteroatoms. The lowest BCUT2D eigenvalue weighted by molar-refractivity contribution is -0.121. The Morgan fingerprint density at radius 2 is 1.21 bits per heavy atom. The Bertz CT molecular complexity index is 279. The van der Waals surface area contributed by atoms with E-state index in [1.54, 1.807) is 0 Å². The summed E-state index contributed by atoms with van der Waals surface area (Å²) in [4.78, 5) is 13.7. The van der Waals surface area contributed by atoms with Crippen molar-refractivity contribution >= 4 is 5.78 Å². The van der Waals surface area contributed by atoms with Crippen LogP contribution in [0, 0.1) is 0 Å². The largest absolute Gasteiger partial charge is 0.391 e. The summed E-state index contributed by atoms with van der Waals surface area (Å²) in [6.45, 7) is 2.84. The van der Waals surface area contributed by atoms with Gasteiger partial charge in [0.05, 0.1) is 6.10 Å². The summed E-state index contributed by atoms with van der Waals surface area (Å²) in [6, 6.07) is 0. The topological polar surface area (TPSA) is 40.5 Å². The smallest absolute Gasteiger partial charge is 0.135 e. The molecule has 0 amide bonds. The molecule has 0 rings (SSSR count). The van der Waals surface area contributed by atoms with E-state index in [0.717, 1.165) is 12.8 Å². The third-order valence-electron chi connectivity index (χ3n) is 4.60. The fraction of sp³-hybridized carbons (Fsp3) is 0.952. The lowest BCUT2D eigenvalue weighted by Gasteiger charge is -2.14. The molecule has 0 aromatic carbocycles. The van der Waals surface area contributed by atoms with Crippen molar-refractivity contribution < 1.29 is 9.90 Å². The number of nitrogens with zero attached hydrogens (tertiary/aromatic N) is 1. The van der Waals surface area contributed by atoms with Crippen molar-refractivity contribution in [1.29, 1.82) is 0 Å². The molecular formula is C21H43NO2. The van der Waals surface area contributed by atoms with Crippen LogP contribution in [0.1, 0.15) is 103 Å². The molecule has 0 saturated heterocycles. The summed E-state index contributed by atoms with van der Waals surface area (Å²) in [5.74, 6) is 0.215. The van der Waals surface area contributed by atoms with Crippen LogP contribution in [-0.4, -0.2) is 42.5 Å². The average Bonchev–Trinajstić information content (AvgIpc) is 2.51. The Hall–Kier alpha value is -0.410. The predicted molar refractivity (Wildman–Crippen MR) is 104 cm³/mol. The third kappa shape index (κ3) is 17.9. The van der Waals surface area contributed by atoms with Crippen molar-refractivity contribution in [3.8, 4) is 0 Å². The summed E-state index contributed by atoms with van der Waals surface area (Å²) in [7, 11) is 3.83. The normalized spacial score (nSPS) is 12.7. The van der Waals surface area contributed by atoms with E-state index in [2.05, 4.69) is 6.92 Å². The van der Waals surface area contributed by atoms with Gasteiger partial charge in [-0.1, -0.05) is 84.0 Å². The monoisotopic (exact) mass is 341 g/mol. The first-order valence-electron chi connectivity index (χ1n) is 10.4. The van der Waals surface area contributed by atoms with Crippen LogP contribution in [0.25, 0.3) is 0 Å². The Balaban J connectivity index is 3.23. The minimum absolute atomic E-state index is 0.215. The number of likely N-dealkylation sites (N-methyl/N-ethyl adjacent to an activating group) is 1. The van der Waals surface area contributed by atoms with Gasteiger partial charge in [0.15, 0.2) is 0 Å². The van der Waals surface area contributed by atoms with Crippen molar-refractivity contribution in [2.24, 2.45) is 0 Å². The zero-order valence-corrected chi connectivity index (χ0v) is 16.7. The molecule has 0 spiro atoms. The zero-order chi connectivity index (χ0) is 18.0. The lowest BCUT2D eigenvalue weighted by Crippen LogP contribution is -2.27. The molecule has 0 saturated carbocycles. The van der Waals surface area contributed by atoms with Crippen molar-refractivity contribution in [3.63, 3.8) is 0 Å². The maximum atomic E-state index is 11.8. The summed E-state index contributed by atoms with van der Waals surface area (Å²) in [5, 5.41) is 9.73. The minimum atomic E-state index is -0.505. The molecule has 0 radical (unpaired) electrons. The molecule has 1 unspecified atom stereocenters. The highest BCUT2D eigenvalue weighted by molar-refractivity contribution is 5.78. The number of carbonyl (C=O) groups excluding carboxylic acids is 1. The number of ketones is 1. The van der Waals surface area contributed by atoms with Gasteiger partial charge in [0.2, 0.25) is 0 Å². The SMILES string of the molecule is CCCCCCCCCCCCCCCC(=O)CC(O)CN(C)C. The van der Waals surface area contributed by atoms with Gasteiger partial charge in [0, 0.05) is 19.4 Å². The van der Waals surface area contributed by atoms with Crippen molar-refractivity contribution in [2.45, 2.75) is 109 Å². The van der Waals surface area contributed by atoms with Gasteiger partial charge < -0.3 is 10.0 Å². The number of unbranched alkanes of at least 4 members (excludes halogenated alkanes) is 12. The number of Topliss-reactive ketones (excluding diaryl/α,β-unsaturated/α-hetero) is 1. The maximum Gasteiger partial charge on any atom is 0.135 e. The molecular weight excluding hydrogens is 298 g/mol. The first-order valence-corrected chi connectivity index (χ1v) is 10.4. The van der Waals surface area contributed by atoms with Gasteiger partial charge in [0.1, 0.15) is 5.78 Å². The quantitative estimate of drug-likeness (QED) is 0.342. The van der Waals surface area contributed by atoms with E-state index in [9.17, 15) is 9.90 Å². The van der Waals surface area contributed by atoms with E-state index in [-0.39, 0.29) is 5.78 Å². The van der Waals surface area contributed by atoms with Gasteiger partial charge in [-0.05, 0) is 20.5 Å². The Morgan fingerprint density at radius 3 is 1.62 bits per heavy atom. The van der Waals surface area contributed by atoms with Gasteiger partial charge in [-0.15, -0.1) is 0 Å². The van der Waals surface area contributed by atoms with Crippen LogP contribution in [0.4, 0.5) is 0 Å². The molecule has 0 aromatic rings. The first kappa shape index (κ1) is 23.6. The fourth-order valence-corrected chi connectivity index (χ4v) is 3.19. The van der Waals surface area contributed by atoms with Gasteiger partial charge >= 0.3 is 0 Å². The van der Waals surface area contributed by atoms with E-state index in [1.165, 1.54) is 70.6 Å². The predicted octanol–water partition coefficient (Wildman–Crippen LogP) is 5.35. The van der Waals surface area contributed by atoms with Crippen molar-refractivity contribution in [1.82, 2.24) is 4.90 Å². The lowest BCUT2D eigenvalue weighted by atomic mass is 10.0. The molecule has 3 nitrogen and oxygen atoms in total. The van der Waals surface area contributed by atoms with Crippen molar-refractivity contribution in [2.75, 3.05) is 20.6 Å². The van der Waals surface area contributed by atoms with Gasteiger partial charge in [0.25, 0.3) is 0 Å². The second-order valence-electron chi connectivity index (χ2n) is 7.65. The highest BCUT2D eigenvalue weighted by atomic mass is 16.3.